The van der Waals surface area contributed by atoms with E-state index in [9.17, 15) is 5.11 Å². The molecule has 0 bridgehead atoms. The molecule has 2 N–H and O–H groups in total. The number of aliphatic hydroxyl groups excluding tert-OH is 1. The van der Waals surface area contributed by atoms with E-state index in [-0.39, 0.29) is 12.1 Å². The lowest BCUT2D eigenvalue weighted by atomic mass is 9.97. The van der Waals surface area contributed by atoms with Crippen LogP contribution in [0.3, 0.4) is 0 Å². The molecule has 1 aliphatic carbocycles. The molecule has 0 aromatic heterocycles. The standard InChI is InChI=1S/C13H25NO2S/c1-2-14-13(9-15,11-3-4-11)10-17-12-5-7-16-8-6-12/h11-12,14-15H,2-10H2,1H3. The molecular formula is C13H25NO2S. The highest BCUT2D eigenvalue weighted by molar-refractivity contribution is 8.00. The predicted molar refractivity (Wildman–Crippen MR) is 72.5 cm³/mol. The molecule has 4 heteroatoms. The van der Waals surface area contributed by atoms with Crippen LogP contribution in [0.4, 0.5) is 0 Å². The number of hydrogen-bond donors (Lipinski definition) is 2. The zero-order chi connectivity index (χ0) is 12.1. The van der Waals surface area contributed by atoms with Gasteiger partial charge < -0.3 is 15.2 Å². The van der Waals surface area contributed by atoms with Crippen molar-refractivity contribution in [2.45, 2.75) is 43.4 Å². The molecule has 0 spiro atoms. The van der Waals surface area contributed by atoms with Crippen LogP contribution >= 0.6 is 11.8 Å². The Morgan fingerprint density at radius 3 is 2.53 bits per heavy atom. The average molecular weight is 259 g/mol. The summed E-state index contributed by atoms with van der Waals surface area (Å²) in [5, 5.41) is 14.0. The number of thioether (sulfide) groups is 1. The molecule has 1 saturated heterocycles. The Kier molecular flexibility index (Phi) is 5.15. The van der Waals surface area contributed by atoms with Crippen molar-refractivity contribution in [3.8, 4) is 0 Å². The average Bonchev–Trinajstić information content (AvgIpc) is 3.20. The molecule has 3 nitrogen and oxygen atoms in total. The van der Waals surface area contributed by atoms with Gasteiger partial charge in [-0.25, -0.2) is 0 Å². The van der Waals surface area contributed by atoms with Gasteiger partial charge in [0.25, 0.3) is 0 Å². The van der Waals surface area contributed by atoms with E-state index in [1.54, 1.807) is 0 Å². The lowest BCUT2D eigenvalue weighted by molar-refractivity contribution is 0.0997. The molecule has 0 aromatic rings. The topological polar surface area (TPSA) is 41.5 Å². The molecule has 0 aromatic carbocycles. The van der Waals surface area contributed by atoms with Gasteiger partial charge in [-0.3, -0.25) is 0 Å². The summed E-state index contributed by atoms with van der Waals surface area (Å²) < 4.78 is 5.39. The Bertz CT molecular complexity index is 229. The molecular weight excluding hydrogens is 234 g/mol. The smallest absolute Gasteiger partial charge is 0.0624 e. The van der Waals surface area contributed by atoms with Gasteiger partial charge in [0.05, 0.1) is 12.1 Å². The molecule has 2 fully saturated rings. The van der Waals surface area contributed by atoms with E-state index in [4.69, 9.17) is 4.74 Å². The summed E-state index contributed by atoms with van der Waals surface area (Å²) in [5.41, 5.74) is -0.0161. The summed E-state index contributed by atoms with van der Waals surface area (Å²) in [6.45, 7) is 5.18. The molecule has 2 rings (SSSR count). The minimum Gasteiger partial charge on any atom is -0.394 e. The molecule has 0 radical (unpaired) electrons. The number of ether oxygens (including phenoxy) is 1. The van der Waals surface area contributed by atoms with Crippen molar-refractivity contribution < 1.29 is 9.84 Å². The van der Waals surface area contributed by atoms with Crippen LogP contribution in [0, 0.1) is 5.92 Å². The van der Waals surface area contributed by atoms with Crippen LogP contribution in [-0.4, -0.2) is 48.0 Å². The third-order valence-corrected chi connectivity index (χ3v) is 5.54. The Balaban J connectivity index is 1.83. The maximum atomic E-state index is 9.75. The van der Waals surface area contributed by atoms with Crippen molar-refractivity contribution >= 4 is 11.8 Å². The van der Waals surface area contributed by atoms with Crippen molar-refractivity contribution in [1.82, 2.24) is 5.32 Å². The fourth-order valence-electron chi connectivity index (χ4n) is 2.64. The lowest BCUT2D eigenvalue weighted by Crippen LogP contribution is -2.53. The SMILES string of the molecule is CCNC(CO)(CSC1CCOCC1)C1CC1. The van der Waals surface area contributed by atoms with Crippen LogP contribution in [0.5, 0.6) is 0 Å². The van der Waals surface area contributed by atoms with Crippen molar-refractivity contribution in [2.24, 2.45) is 5.92 Å². The lowest BCUT2D eigenvalue weighted by Gasteiger charge is -2.35. The zero-order valence-corrected chi connectivity index (χ0v) is 11.6. The second-order valence-electron chi connectivity index (χ2n) is 5.24. The third kappa shape index (κ3) is 3.60. The normalized spacial score (nSPS) is 25.8. The minimum atomic E-state index is -0.0161. The van der Waals surface area contributed by atoms with E-state index >= 15 is 0 Å². The molecule has 1 atom stereocenters. The largest absolute Gasteiger partial charge is 0.394 e. The second kappa shape index (κ2) is 6.41. The summed E-state index contributed by atoms with van der Waals surface area (Å²) in [4.78, 5) is 0. The highest BCUT2D eigenvalue weighted by Crippen LogP contribution is 2.42. The maximum Gasteiger partial charge on any atom is 0.0624 e. The Morgan fingerprint density at radius 2 is 2.00 bits per heavy atom. The van der Waals surface area contributed by atoms with Crippen molar-refractivity contribution in [2.75, 3.05) is 32.1 Å². The van der Waals surface area contributed by atoms with Crippen LogP contribution in [0.15, 0.2) is 0 Å². The van der Waals surface area contributed by atoms with Crippen molar-refractivity contribution in [3.05, 3.63) is 0 Å². The predicted octanol–water partition coefficient (Wildman–Crippen LogP) is 1.65. The van der Waals surface area contributed by atoms with Gasteiger partial charge in [0.1, 0.15) is 0 Å². The monoisotopic (exact) mass is 259 g/mol. The first-order chi connectivity index (χ1) is 8.30. The quantitative estimate of drug-likeness (QED) is 0.729. The van der Waals surface area contributed by atoms with E-state index < -0.39 is 0 Å². The molecule has 100 valence electrons. The van der Waals surface area contributed by atoms with Gasteiger partial charge in [-0.1, -0.05) is 6.92 Å². The van der Waals surface area contributed by atoms with Crippen LogP contribution in [0.2, 0.25) is 0 Å². The van der Waals surface area contributed by atoms with E-state index in [0.29, 0.717) is 5.92 Å². The first-order valence-electron chi connectivity index (χ1n) is 6.86. The molecule has 1 unspecified atom stereocenters. The summed E-state index contributed by atoms with van der Waals surface area (Å²) >= 11 is 2.03. The van der Waals surface area contributed by atoms with Crippen molar-refractivity contribution in [3.63, 3.8) is 0 Å². The number of nitrogens with one attached hydrogen (secondary N) is 1. The van der Waals surface area contributed by atoms with Gasteiger partial charge in [-0.15, -0.1) is 0 Å². The fourth-order valence-corrected chi connectivity index (χ4v) is 4.13. The summed E-state index contributed by atoms with van der Waals surface area (Å²) in [6, 6.07) is 0. The highest BCUT2D eigenvalue weighted by Gasteiger charge is 2.44. The van der Waals surface area contributed by atoms with Gasteiger partial charge in [0.2, 0.25) is 0 Å². The van der Waals surface area contributed by atoms with Gasteiger partial charge >= 0.3 is 0 Å². The molecule has 1 aliphatic heterocycles. The van der Waals surface area contributed by atoms with E-state index in [0.717, 1.165) is 30.8 Å². The molecule has 2 aliphatic rings. The summed E-state index contributed by atoms with van der Waals surface area (Å²) in [5.74, 6) is 1.74. The number of rotatable bonds is 7. The van der Waals surface area contributed by atoms with Crippen LogP contribution in [0.1, 0.15) is 32.6 Å². The maximum absolute atomic E-state index is 9.75. The summed E-state index contributed by atoms with van der Waals surface area (Å²) in [7, 11) is 0. The Hall–Kier alpha value is 0.230. The molecule has 17 heavy (non-hydrogen) atoms. The zero-order valence-electron chi connectivity index (χ0n) is 10.8. The number of aliphatic hydroxyl groups is 1. The second-order valence-corrected chi connectivity index (χ2v) is 6.53. The molecule has 0 amide bonds. The highest BCUT2D eigenvalue weighted by atomic mass is 32.2. The van der Waals surface area contributed by atoms with E-state index in [1.807, 2.05) is 11.8 Å². The Labute approximate surface area is 109 Å². The van der Waals surface area contributed by atoms with Crippen LogP contribution in [0.25, 0.3) is 0 Å². The van der Waals surface area contributed by atoms with Gasteiger partial charge in [-0.05, 0) is 38.1 Å². The number of likely N-dealkylation sites (N-methyl/N-ethyl adjacent to an activating group) is 1. The first kappa shape index (κ1) is 13.7. The van der Waals surface area contributed by atoms with E-state index in [2.05, 4.69) is 12.2 Å². The minimum absolute atomic E-state index is 0.0161. The summed E-state index contributed by atoms with van der Waals surface area (Å²) in [6.07, 6.45) is 4.90. The van der Waals surface area contributed by atoms with E-state index in [1.165, 1.54) is 25.7 Å². The van der Waals surface area contributed by atoms with Gasteiger partial charge in [0, 0.05) is 24.2 Å². The van der Waals surface area contributed by atoms with Gasteiger partial charge in [-0.2, -0.15) is 11.8 Å². The van der Waals surface area contributed by atoms with Crippen LogP contribution in [-0.2, 0) is 4.74 Å². The number of hydrogen-bond acceptors (Lipinski definition) is 4. The van der Waals surface area contributed by atoms with Crippen molar-refractivity contribution in [1.29, 1.82) is 0 Å². The third-order valence-electron chi connectivity index (χ3n) is 3.91. The molecule has 1 saturated carbocycles. The fraction of sp³-hybridized carbons (Fsp3) is 1.00. The Morgan fingerprint density at radius 1 is 1.29 bits per heavy atom. The van der Waals surface area contributed by atoms with Gasteiger partial charge in [0.15, 0.2) is 0 Å². The first-order valence-corrected chi connectivity index (χ1v) is 7.91. The van der Waals surface area contributed by atoms with Crippen LogP contribution < -0.4 is 5.32 Å². The molecule has 1 heterocycles.